The van der Waals surface area contributed by atoms with Crippen molar-refractivity contribution in [1.82, 2.24) is 0 Å². The minimum atomic E-state index is -4.32. The van der Waals surface area contributed by atoms with Gasteiger partial charge in [-0.2, -0.15) is 13.2 Å². The average molecular weight is 388 g/mol. The fraction of sp³-hybridized carbons (Fsp3) is 0.348. The molecule has 3 rings (SSSR count). The first-order valence-electron chi connectivity index (χ1n) is 9.50. The second-order valence-electron chi connectivity index (χ2n) is 7.01. The SMILES string of the molecule is CCOC(=O)CC1CCCc2cc(/C=C/c3ccc(C(F)(F)F)cc3)ccc21. The summed E-state index contributed by atoms with van der Waals surface area (Å²) in [6, 6.07) is 11.3. The molecule has 0 aliphatic heterocycles. The van der Waals surface area contributed by atoms with E-state index in [-0.39, 0.29) is 11.9 Å². The lowest BCUT2D eigenvalue weighted by molar-refractivity contribution is -0.143. The third-order valence-corrected chi connectivity index (χ3v) is 5.03. The Bertz CT molecular complexity index is 851. The summed E-state index contributed by atoms with van der Waals surface area (Å²) in [5.41, 5.74) is 3.49. The van der Waals surface area contributed by atoms with Crippen LogP contribution in [0.15, 0.2) is 42.5 Å². The number of esters is 1. The molecule has 28 heavy (non-hydrogen) atoms. The van der Waals surface area contributed by atoms with Crippen LogP contribution in [-0.4, -0.2) is 12.6 Å². The molecule has 0 spiro atoms. The molecule has 0 N–H and O–H groups in total. The van der Waals surface area contributed by atoms with E-state index in [1.807, 2.05) is 19.1 Å². The standard InChI is InChI=1S/C23H23F3O2/c1-2-28-22(27)15-19-5-3-4-18-14-17(10-13-21(18)19)7-6-16-8-11-20(12-9-16)23(24,25)26/h6-14,19H,2-5,15H2,1H3/b7-6+. The highest BCUT2D eigenvalue weighted by Gasteiger charge is 2.29. The smallest absolute Gasteiger partial charge is 0.416 e. The van der Waals surface area contributed by atoms with E-state index in [9.17, 15) is 18.0 Å². The van der Waals surface area contributed by atoms with E-state index in [0.29, 0.717) is 18.6 Å². The number of aryl methyl sites for hydroxylation is 1. The van der Waals surface area contributed by atoms with Gasteiger partial charge in [0.05, 0.1) is 18.6 Å². The summed E-state index contributed by atoms with van der Waals surface area (Å²) >= 11 is 0. The minimum absolute atomic E-state index is 0.161. The average Bonchev–Trinajstić information content (AvgIpc) is 2.66. The van der Waals surface area contributed by atoms with Crippen LogP contribution < -0.4 is 0 Å². The van der Waals surface area contributed by atoms with E-state index >= 15 is 0 Å². The van der Waals surface area contributed by atoms with Crippen LogP contribution in [0.3, 0.4) is 0 Å². The Morgan fingerprint density at radius 2 is 1.79 bits per heavy atom. The molecule has 1 aliphatic rings. The number of halogens is 3. The molecule has 0 saturated heterocycles. The number of carbonyl (C=O) groups is 1. The highest BCUT2D eigenvalue weighted by atomic mass is 19.4. The van der Waals surface area contributed by atoms with Gasteiger partial charge >= 0.3 is 12.1 Å². The van der Waals surface area contributed by atoms with Crippen LogP contribution in [-0.2, 0) is 22.1 Å². The van der Waals surface area contributed by atoms with Gasteiger partial charge in [-0.1, -0.05) is 42.5 Å². The Labute approximate surface area is 163 Å². The van der Waals surface area contributed by atoms with E-state index in [4.69, 9.17) is 4.74 Å². The maximum absolute atomic E-state index is 12.6. The minimum Gasteiger partial charge on any atom is -0.466 e. The van der Waals surface area contributed by atoms with Crippen molar-refractivity contribution in [2.45, 2.75) is 44.7 Å². The van der Waals surface area contributed by atoms with Crippen LogP contribution in [0.4, 0.5) is 13.2 Å². The Morgan fingerprint density at radius 1 is 1.11 bits per heavy atom. The van der Waals surface area contributed by atoms with Gasteiger partial charge in [-0.15, -0.1) is 0 Å². The summed E-state index contributed by atoms with van der Waals surface area (Å²) in [5, 5.41) is 0. The number of ether oxygens (including phenoxy) is 1. The van der Waals surface area contributed by atoms with Crippen molar-refractivity contribution in [2.75, 3.05) is 6.61 Å². The third kappa shape index (κ3) is 5.03. The maximum Gasteiger partial charge on any atom is 0.416 e. The molecule has 0 saturated carbocycles. The molecule has 1 atom stereocenters. The lowest BCUT2D eigenvalue weighted by Crippen LogP contribution is -2.15. The van der Waals surface area contributed by atoms with Crippen molar-refractivity contribution in [3.05, 3.63) is 70.3 Å². The molecular weight excluding hydrogens is 365 g/mol. The molecular formula is C23H23F3O2. The van der Waals surface area contributed by atoms with E-state index < -0.39 is 11.7 Å². The summed E-state index contributed by atoms with van der Waals surface area (Å²) in [4.78, 5) is 11.8. The van der Waals surface area contributed by atoms with Crippen molar-refractivity contribution in [1.29, 1.82) is 0 Å². The molecule has 2 nitrogen and oxygen atoms in total. The zero-order valence-electron chi connectivity index (χ0n) is 15.8. The normalized spacial score (nSPS) is 16.8. The molecule has 5 heteroatoms. The van der Waals surface area contributed by atoms with Crippen molar-refractivity contribution in [2.24, 2.45) is 0 Å². The number of hydrogen-bond donors (Lipinski definition) is 0. The molecule has 0 aromatic heterocycles. The molecule has 2 aromatic carbocycles. The Balaban J connectivity index is 1.73. The molecule has 2 aromatic rings. The number of carbonyl (C=O) groups excluding carboxylic acids is 1. The largest absolute Gasteiger partial charge is 0.466 e. The van der Waals surface area contributed by atoms with Gasteiger partial charge in [-0.25, -0.2) is 0 Å². The van der Waals surface area contributed by atoms with Gasteiger partial charge in [0.1, 0.15) is 0 Å². The zero-order chi connectivity index (χ0) is 20.1. The summed E-state index contributed by atoms with van der Waals surface area (Å²) < 4.78 is 43.0. The summed E-state index contributed by atoms with van der Waals surface area (Å²) in [7, 11) is 0. The molecule has 0 radical (unpaired) electrons. The highest BCUT2D eigenvalue weighted by molar-refractivity contribution is 5.72. The predicted molar refractivity (Wildman–Crippen MR) is 104 cm³/mol. The Kier molecular flexibility index (Phi) is 6.22. The molecule has 1 unspecified atom stereocenters. The first-order chi connectivity index (χ1) is 13.4. The van der Waals surface area contributed by atoms with E-state index in [2.05, 4.69) is 12.1 Å². The van der Waals surface area contributed by atoms with Gasteiger partial charge in [0.15, 0.2) is 0 Å². The first kappa shape index (κ1) is 20.2. The fourth-order valence-corrected chi connectivity index (χ4v) is 3.65. The molecule has 0 bridgehead atoms. The van der Waals surface area contributed by atoms with Gasteiger partial charge in [0.2, 0.25) is 0 Å². The van der Waals surface area contributed by atoms with E-state index in [1.165, 1.54) is 23.3 Å². The zero-order valence-corrected chi connectivity index (χ0v) is 15.8. The quantitative estimate of drug-likeness (QED) is 0.447. The van der Waals surface area contributed by atoms with Crippen LogP contribution in [0.5, 0.6) is 0 Å². The topological polar surface area (TPSA) is 26.3 Å². The number of alkyl halides is 3. The van der Waals surface area contributed by atoms with Crippen LogP contribution in [0, 0.1) is 0 Å². The molecule has 0 amide bonds. The highest BCUT2D eigenvalue weighted by Crippen LogP contribution is 2.35. The lowest BCUT2D eigenvalue weighted by Gasteiger charge is -2.25. The van der Waals surface area contributed by atoms with Crippen molar-refractivity contribution < 1.29 is 22.7 Å². The van der Waals surface area contributed by atoms with Crippen LogP contribution >= 0.6 is 0 Å². The van der Waals surface area contributed by atoms with Gasteiger partial charge in [0.25, 0.3) is 0 Å². The molecule has 0 fully saturated rings. The van der Waals surface area contributed by atoms with Gasteiger partial charge < -0.3 is 4.74 Å². The van der Waals surface area contributed by atoms with Gasteiger partial charge in [0, 0.05) is 0 Å². The summed E-state index contributed by atoms with van der Waals surface area (Å²) in [5.74, 6) is 0.0300. The summed E-state index contributed by atoms with van der Waals surface area (Å²) in [6.45, 7) is 2.20. The fourth-order valence-electron chi connectivity index (χ4n) is 3.65. The Hall–Kier alpha value is -2.56. The summed E-state index contributed by atoms with van der Waals surface area (Å²) in [6.07, 6.45) is 2.77. The predicted octanol–water partition coefficient (Wildman–Crippen LogP) is 6.25. The maximum atomic E-state index is 12.6. The van der Waals surface area contributed by atoms with Gasteiger partial charge in [-0.05, 0) is 66.5 Å². The van der Waals surface area contributed by atoms with Crippen molar-refractivity contribution in [3.63, 3.8) is 0 Å². The third-order valence-electron chi connectivity index (χ3n) is 5.03. The number of benzene rings is 2. The van der Waals surface area contributed by atoms with Gasteiger partial charge in [-0.3, -0.25) is 4.79 Å². The van der Waals surface area contributed by atoms with Crippen LogP contribution in [0.25, 0.3) is 12.2 Å². The van der Waals surface area contributed by atoms with E-state index in [1.54, 1.807) is 6.08 Å². The van der Waals surface area contributed by atoms with Crippen LogP contribution in [0.1, 0.15) is 59.9 Å². The number of hydrogen-bond acceptors (Lipinski definition) is 2. The van der Waals surface area contributed by atoms with Crippen molar-refractivity contribution >= 4 is 18.1 Å². The molecule has 1 aliphatic carbocycles. The molecule has 0 heterocycles. The van der Waals surface area contributed by atoms with Crippen molar-refractivity contribution in [3.8, 4) is 0 Å². The molecule has 148 valence electrons. The number of fused-ring (bicyclic) bond motifs is 1. The van der Waals surface area contributed by atoms with E-state index in [0.717, 1.165) is 37.0 Å². The second kappa shape index (κ2) is 8.63. The Morgan fingerprint density at radius 3 is 2.46 bits per heavy atom. The monoisotopic (exact) mass is 388 g/mol. The first-order valence-corrected chi connectivity index (χ1v) is 9.50. The lowest BCUT2D eigenvalue weighted by atomic mass is 9.80. The van der Waals surface area contributed by atoms with Crippen LogP contribution in [0.2, 0.25) is 0 Å². The number of rotatable bonds is 5. The second-order valence-corrected chi connectivity index (χ2v) is 7.01.